The van der Waals surface area contributed by atoms with Crippen LogP contribution in [0.3, 0.4) is 0 Å². The summed E-state index contributed by atoms with van der Waals surface area (Å²) >= 11 is 0. The number of imide groups is 1. The second-order valence-electron chi connectivity index (χ2n) is 8.93. The third-order valence-corrected chi connectivity index (χ3v) is 5.38. The molecule has 31 heavy (non-hydrogen) atoms. The topological polar surface area (TPSA) is 125 Å². The molecule has 1 aromatic rings. The Morgan fingerprint density at radius 2 is 1.90 bits per heavy atom. The van der Waals surface area contributed by atoms with Gasteiger partial charge < -0.3 is 19.5 Å². The van der Waals surface area contributed by atoms with Crippen LogP contribution in [-0.2, 0) is 14.3 Å². The molecule has 4 rings (SSSR count). The zero-order valence-electron chi connectivity index (χ0n) is 17.6. The number of nitrogens with one attached hydrogen (secondary N) is 1. The lowest BCUT2D eigenvalue weighted by Gasteiger charge is -2.39. The molecular formula is C21H25N3O7. The summed E-state index contributed by atoms with van der Waals surface area (Å²) in [4.78, 5) is 51.1. The van der Waals surface area contributed by atoms with Gasteiger partial charge in [0.15, 0.2) is 6.23 Å². The van der Waals surface area contributed by atoms with Crippen LogP contribution in [0.25, 0.3) is 0 Å². The molecule has 3 aliphatic rings. The first kappa shape index (κ1) is 21.1. The highest BCUT2D eigenvalue weighted by atomic mass is 16.6. The summed E-state index contributed by atoms with van der Waals surface area (Å²) in [6.07, 6.45) is -1.65. The minimum atomic E-state index is -1.27. The van der Waals surface area contributed by atoms with Crippen molar-refractivity contribution in [3.05, 3.63) is 29.3 Å². The zero-order valence-corrected chi connectivity index (χ0v) is 17.6. The van der Waals surface area contributed by atoms with Gasteiger partial charge in [-0.05, 0) is 39.3 Å². The van der Waals surface area contributed by atoms with Gasteiger partial charge in [0.05, 0.1) is 18.7 Å². The second-order valence-corrected chi connectivity index (χ2v) is 8.93. The number of likely N-dealkylation sites (tertiary alicyclic amines) is 1. The summed E-state index contributed by atoms with van der Waals surface area (Å²) in [6.45, 7) is 6.13. The van der Waals surface area contributed by atoms with Gasteiger partial charge in [-0.15, -0.1) is 0 Å². The Labute approximate surface area is 179 Å². The Bertz CT molecular complexity index is 949. The van der Waals surface area contributed by atoms with E-state index in [0.717, 1.165) is 4.90 Å². The van der Waals surface area contributed by atoms with Gasteiger partial charge in [-0.2, -0.15) is 0 Å². The highest BCUT2D eigenvalue weighted by molar-refractivity contribution is 6.05. The summed E-state index contributed by atoms with van der Waals surface area (Å²) in [5.41, 5.74) is 0.0579. The Kier molecular flexibility index (Phi) is 5.12. The number of rotatable bonds is 3. The number of piperidine rings is 1. The van der Waals surface area contributed by atoms with E-state index in [-0.39, 0.29) is 24.5 Å². The molecule has 166 valence electrons. The number of benzene rings is 1. The van der Waals surface area contributed by atoms with Crippen LogP contribution < -0.4 is 10.1 Å². The molecule has 1 aromatic carbocycles. The third kappa shape index (κ3) is 4.07. The van der Waals surface area contributed by atoms with Gasteiger partial charge in [-0.3, -0.25) is 24.6 Å². The van der Waals surface area contributed by atoms with E-state index in [0.29, 0.717) is 24.4 Å². The number of aliphatic hydroxyl groups excluding tert-OH is 1. The predicted octanol–water partition coefficient (Wildman–Crippen LogP) is 0.937. The van der Waals surface area contributed by atoms with Crippen molar-refractivity contribution in [1.82, 2.24) is 15.1 Å². The minimum Gasteiger partial charge on any atom is -0.487 e. The van der Waals surface area contributed by atoms with Crippen LogP contribution in [-0.4, -0.2) is 69.6 Å². The highest BCUT2D eigenvalue weighted by Gasteiger charge is 2.44. The summed E-state index contributed by atoms with van der Waals surface area (Å²) in [5, 5.41) is 12.8. The molecule has 10 nitrogen and oxygen atoms in total. The van der Waals surface area contributed by atoms with Crippen molar-refractivity contribution in [2.24, 2.45) is 0 Å². The van der Waals surface area contributed by atoms with Crippen molar-refractivity contribution in [1.29, 1.82) is 0 Å². The number of carbonyl (C=O) groups is 4. The first-order chi connectivity index (χ1) is 14.5. The highest BCUT2D eigenvalue weighted by Crippen LogP contribution is 2.37. The minimum absolute atomic E-state index is 0.105. The molecule has 2 atom stereocenters. The van der Waals surface area contributed by atoms with Crippen molar-refractivity contribution in [2.45, 2.75) is 57.6 Å². The van der Waals surface area contributed by atoms with Crippen molar-refractivity contribution in [2.75, 3.05) is 13.1 Å². The molecule has 0 aliphatic carbocycles. The largest absolute Gasteiger partial charge is 0.487 e. The van der Waals surface area contributed by atoms with Crippen molar-refractivity contribution >= 4 is 23.8 Å². The Morgan fingerprint density at radius 1 is 1.19 bits per heavy atom. The van der Waals surface area contributed by atoms with Crippen LogP contribution >= 0.6 is 0 Å². The van der Waals surface area contributed by atoms with E-state index >= 15 is 0 Å². The fourth-order valence-corrected chi connectivity index (χ4v) is 3.86. The molecule has 0 bridgehead atoms. The quantitative estimate of drug-likeness (QED) is 0.682. The molecule has 10 heteroatoms. The maximum absolute atomic E-state index is 12.9. The SMILES string of the molecule is CC(C)(C)OC(=O)N1CC(Oc2ccc3c(c2)C(=O)N(C2CCC(=O)NC2=O)C3O)C1. The van der Waals surface area contributed by atoms with Gasteiger partial charge in [0.1, 0.15) is 23.5 Å². The lowest BCUT2D eigenvalue weighted by Crippen LogP contribution is -2.57. The lowest BCUT2D eigenvalue weighted by molar-refractivity contribution is -0.139. The van der Waals surface area contributed by atoms with E-state index < -0.39 is 41.7 Å². The fraction of sp³-hybridized carbons (Fsp3) is 0.524. The molecule has 0 radical (unpaired) electrons. The van der Waals surface area contributed by atoms with Crippen LogP contribution in [0.4, 0.5) is 4.79 Å². The zero-order chi connectivity index (χ0) is 22.5. The normalized spacial score (nSPS) is 23.9. The molecule has 2 unspecified atom stereocenters. The van der Waals surface area contributed by atoms with Crippen LogP contribution in [0.15, 0.2) is 18.2 Å². The summed E-state index contributed by atoms with van der Waals surface area (Å²) in [6, 6.07) is 3.84. The summed E-state index contributed by atoms with van der Waals surface area (Å²) in [7, 11) is 0. The molecule has 2 fully saturated rings. The maximum atomic E-state index is 12.9. The van der Waals surface area contributed by atoms with E-state index in [1.54, 1.807) is 32.9 Å². The van der Waals surface area contributed by atoms with Crippen molar-refractivity contribution in [3.8, 4) is 5.75 Å². The number of hydrogen-bond acceptors (Lipinski definition) is 7. The Morgan fingerprint density at radius 3 is 2.55 bits per heavy atom. The predicted molar refractivity (Wildman–Crippen MR) is 106 cm³/mol. The number of carbonyl (C=O) groups excluding carboxylic acids is 4. The molecule has 2 N–H and O–H groups in total. The van der Waals surface area contributed by atoms with Gasteiger partial charge in [0.25, 0.3) is 5.91 Å². The molecule has 3 aliphatic heterocycles. The molecule has 3 heterocycles. The van der Waals surface area contributed by atoms with Gasteiger partial charge in [0, 0.05) is 12.0 Å². The van der Waals surface area contributed by atoms with E-state index in [1.165, 1.54) is 11.0 Å². The molecule has 4 amide bonds. The molecule has 0 saturated carbocycles. The van der Waals surface area contributed by atoms with Gasteiger partial charge >= 0.3 is 6.09 Å². The van der Waals surface area contributed by atoms with Crippen LogP contribution in [0.5, 0.6) is 5.75 Å². The number of aliphatic hydroxyl groups is 1. The van der Waals surface area contributed by atoms with Gasteiger partial charge in [-0.25, -0.2) is 4.79 Å². The first-order valence-corrected chi connectivity index (χ1v) is 10.2. The van der Waals surface area contributed by atoms with Crippen LogP contribution in [0, 0.1) is 0 Å². The number of fused-ring (bicyclic) bond motifs is 1. The van der Waals surface area contributed by atoms with Gasteiger partial charge in [0.2, 0.25) is 11.8 Å². The van der Waals surface area contributed by atoms with Crippen molar-refractivity contribution < 1.29 is 33.8 Å². The number of hydrogen-bond donors (Lipinski definition) is 2. The van der Waals surface area contributed by atoms with E-state index in [1.807, 2.05) is 0 Å². The molecule has 0 aromatic heterocycles. The lowest BCUT2D eigenvalue weighted by atomic mass is 10.0. The summed E-state index contributed by atoms with van der Waals surface area (Å²) < 4.78 is 11.2. The van der Waals surface area contributed by atoms with E-state index in [9.17, 15) is 24.3 Å². The Balaban J connectivity index is 1.40. The smallest absolute Gasteiger partial charge is 0.410 e. The summed E-state index contributed by atoms with van der Waals surface area (Å²) in [5.74, 6) is -1.05. The fourth-order valence-electron chi connectivity index (χ4n) is 3.86. The Hall–Kier alpha value is -3.14. The maximum Gasteiger partial charge on any atom is 0.410 e. The average molecular weight is 431 g/mol. The van der Waals surface area contributed by atoms with Crippen LogP contribution in [0.1, 0.15) is 55.8 Å². The first-order valence-electron chi connectivity index (χ1n) is 10.2. The second kappa shape index (κ2) is 7.52. The van der Waals surface area contributed by atoms with Crippen LogP contribution in [0.2, 0.25) is 0 Å². The molecule has 0 spiro atoms. The van der Waals surface area contributed by atoms with E-state index in [2.05, 4.69) is 5.32 Å². The van der Waals surface area contributed by atoms with Crippen molar-refractivity contribution in [3.63, 3.8) is 0 Å². The number of amides is 4. The average Bonchev–Trinajstić information content (AvgIpc) is 2.87. The standard InChI is InChI=1S/C21H25N3O7/c1-21(2,3)31-20(29)23-9-12(10-23)30-11-4-5-13-14(8-11)19(28)24(18(13)27)15-6-7-16(25)22-17(15)26/h4-5,8,12,15,18,27H,6-7,9-10H2,1-3H3,(H,22,25,26). The van der Waals surface area contributed by atoms with Gasteiger partial charge in [-0.1, -0.05) is 6.07 Å². The number of nitrogens with zero attached hydrogens (tertiary/aromatic N) is 2. The molecule has 2 saturated heterocycles. The monoisotopic (exact) mass is 431 g/mol. The van der Waals surface area contributed by atoms with E-state index in [4.69, 9.17) is 9.47 Å². The third-order valence-electron chi connectivity index (χ3n) is 5.38. The number of ether oxygens (including phenoxy) is 2. The molecular weight excluding hydrogens is 406 g/mol.